The summed E-state index contributed by atoms with van der Waals surface area (Å²) in [6.07, 6.45) is 5.90. The largest absolute Gasteiger partial charge is 0.225 e. The summed E-state index contributed by atoms with van der Waals surface area (Å²) in [6, 6.07) is 0. The first kappa shape index (κ1) is 7.32. The van der Waals surface area contributed by atoms with Gasteiger partial charge in [-0.25, -0.2) is 4.98 Å². The van der Waals surface area contributed by atoms with E-state index in [0.717, 1.165) is 5.01 Å². The fourth-order valence-corrected chi connectivity index (χ4v) is 2.28. The van der Waals surface area contributed by atoms with Crippen LogP contribution < -0.4 is 0 Å². The summed E-state index contributed by atoms with van der Waals surface area (Å²) in [5.41, 5.74) is 1.38. The average molecular weight is 186 g/mol. The molecule has 0 atom stereocenters. The van der Waals surface area contributed by atoms with Gasteiger partial charge in [-0.3, -0.25) is 0 Å². The first-order valence-electron chi connectivity index (χ1n) is 3.67. The van der Waals surface area contributed by atoms with E-state index in [9.17, 15) is 0 Å². The van der Waals surface area contributed by atoms with Crippen LogP contribution in [0.1, 0.15) is 24.3 Å². The van der Waals surface area contributed by atoms with Gasteiger partial charge in [0.2, 0.25) is 0 Å². The van der Waals surface area contributed by atoms with Crippen molar-refractivity contribution in [1.82, 2.24) is 4.98 Å². The Kier molecular flexibility index (Phi) is 1.96. The molecule has 0 saturated heterocycles. The third-order valence-corrected chi connectivity index (χ3v) is 3.03. The van der Waals surface area contributed by atoms with Crippen molar-refractivity contribution in [1.29, 1.82) is 0 Å². The van der Waals surface area contributed by atoms with Crippen LogP contribution in [0.25, 0.3) is 5.57 Å². The maximum atomic E-state index is 5.71. The Labute approximate surface area is 74.7 Å². The molecule has 1 nitrogen and oxygen atoms in total. The lowest BCUT2D eigenvalue weighted by Crippen LogP contribution is -1.76. The molecule has 1 aromatic rings. The second-order valence-corrected chi connectivity index (χ2v) is 3.84. The third kappa shape index (κ3) is 1.47. The third-order valence-electron chi connectivity index (χ3n) is 1.79. The molecule has 0 radical (unpaired) electrons. The van der Waals surface area contributed by atoms with Crippen molar-refractivity contribution < 1.29 is 0 Å². The highest BCUT2D eigenvalue weighted by Crippen LogP contribution is 2.30. The van der Waals surface area contributed by atoms with Gasteiger partial charge in [0, 0.05) is 5.38 Å². The van der Waals surface area contributed by atoms with Gasteiger partial charge >= 0.3 is 0 Å². The predicted molar refractivity (Wildman–Crippen MR) is 49.0 cm³/mol. The summed E-state index contributed by atoms with van der Waals surface area (Å²) < 4.78 is 0. The summed E-state index contributed by atoms with van der Waals surface area (Å²) in [4.78, 5) is 4.21. The Balaban J connectivity index is 2.28. The van der Waals surface area contributed by atoms with E-state index in [-0.39, 0.29) is 0 Å². The molecule has 0 unspecified atom stereocenters. The van der Waals surface area contributed by atoms with Crippen molar-refractivity contribution in [3.05, 3.63) is 21.6 Å². The minimum Gasteiger partial charge on any atom is -0.225 e. The number of rotatable bonds is 1. The minimum absolute atomic E-state index is 0.623. The highest BCUT2D eigenvalue weighted by molar-refractivity contribution is 7.11. The van der Waals surface area contributed by atoms with Gasteiger partial charge in [-0.15, -0.1) is 11.3 Å². The lowest BCUT2D eigenvalue weighted by molar-refractivity contribution is 0.934. The molecule has 0 amide bonds. The van der Waals surface area contributed by atoms with Gasteiger partial charge in [-0.05, 0) is 24.8 Å². The summed E-state index contributed by atoms with van der Waals surface area (Å²) >= 11 is 7.35. The molecule has 2 rings (SSSR count). The van der Waals surface area contributed by atoms with Crippen molar-refractivity contribution in [3.63, 3.8) is 0 Å². The fourth-order valence-electron chi connectivity index (χ4n) is 1.27. The van der Waals surface area contributed by atoms with E-state index in [1.54, 1.807) is 11.3 Å². The van der Waals surface area contributed by atoms with Crippen LogP contribution in [0.5, 0.6) is 0 Å². The van der Waals surface area contributed by atoms with Gasteiger partial charge in [-0.2, -0.15) is 0 Å². The molecule has 1 aliphatic rings. The van der Waals surface area contributed by atoms with Crippen LogP contribution in [0, 0.1) is 0 Å². The topological polar surface area (TPSA) is 12.9 Å². The smallest absolute Gasteiger partial charge is 0.140 e. The van der Waals surface area contributed by atoms with E-state index in [1.807, 2.05) is 5.38 Å². The zero-order valence-electron chi connectivity index (χ0n) is 6.01. The van der Waals surface area contributed by atoms with Gasteiger partial charge in [0.15, 0.2) is 0 Å². The van der Waals surface area contributed by atoms with E-state index in [2.05, 4.69) is 11.1 Å². The number of hydrogen-bond acceptors (Lipinski definition) is 2. The molecule has 1 aliphatic carbocycles. The minimum atomic E-state index is 0.623. The lowest BCUT2D eigenvalue weighted by Gasteiger charge is -1.91. The highest BCUT2D eigenvalue weighted by Gasteiger charge is 2.09. The van der Waals surface area contributed by atoms with Crippen molar-refractivity contribution >= 4 is 28.5 Å². The molecule has 58 valence electrons. The first-order chi connectivity index (χ1) is 5.36. The fraction of sp³-hybridized carbons (Fsp3) is 0.375. The Bertz CT molecular complexity index is 290. The molecular formula is C8H8ClNS. The molecule has 1 heterocycles. The zero-order chi connectivity index (χ0) is 7.68. The molecule has 0 N–H and O–H groups in total. The number of aromatic nitrogens is 1. The van der Waals surface area contributed by atoms with Crippen molar-refractivity contribution in [2.75, 3.05) is 0 Å². The second kappa shape index (κ2) is 2.95. The summed E-state index contributed by atoms with van der Waals surface area (Å²) in [5, 5.41) is 3.61. The van der Waals surface area contributed by atoms with Crippen molar-refractivity contribution in [3.8, 4) is 0 Å². The predicted octanol–water partition coefficient (Wildman–Crippen LogP) is 3.36. The van der Waals surface area contributed by atoms with Crippen molar-refractivity contribution in [2.24, 2.45) is 0 Å². The van der Waals surface area contributed by atoms with E-state index in [0.29, 0.717) is 5.15 Å². The van der Waals surface area contributed by atoms with Crippen LogP contribution in [-0.2, 0) is 0 Å². The summed E-state index contributed by atoms with van der Waals surface area (Å²) in [6.45, 7) is 0. The molecule has 0 bridgehead atoms. The van der Waals surface area contributed by atoms with Crippen LogP contribution >= 0.6 is 22.9 Å². The van der Waals surface area contributed by atoms with Gasteiger partial charge in [0.25, 0.3) is 0 Å². The normalized spacial score (nSPS) is 17.0. The zero-order valence-corrected chi connectivity index (χ0v) is 7.58. The molecule has 0 spiro atoms. The van der Waals surface area contributed by atoms with Gasteiger partial charge in [-0.1, -0.05) is 17.7 Å². The molecule has 11 heavy (non-hydrogen) atoms. The van der Waals surface area contributed by atoms with Crippen molar-refractivity contribution in [2.45, 2.75) is 19.3 Å². The Hall–Kier alpha value is -0.340. The van der Waals surface area contributed by atoms with E-state index >= 15 is 0 Å². The Morgan fingerprint density at radius 1 is 1.55 bits per heavy atom. The van der Waals surface area contributed by atoms with E-state index in [4.69, 9.17) is 11.6 Å². The van der Waals surface area contributed by atoms with Crippen LogP contribution in [0.3, 0.4) is 0 Å². The second-order valence-electron chi connectivity index (χ2n) is 2.60. The van der Waals surface area contributed by atoms with Crippen LogP contribution in [0.2, 0.25) is 5.15 Å². The molecular weight excluding hydrogens is 178 g/mol. The molecule has 0 saturated carbocycles. The summed E-state index contributed by atoms with van der Waals surface area (Å²) in [7, 11) is 0. The number of hydrogen-bond donors (Lipinski definition) is 0. The van der Waals surface area contributed by atoms with Gasteiger partial charge < -0.3 is 0 Å². The monoisotopic (exact) mass is 185 g/mol. The SMILES string of the molecule is Clc1csc(C2=CCCC2)n1. The molecule has 3 heteroatoms. The summed E-state index contributed by atoms with van der Waals surface area (Å²) in [5.74, 6) is 0. The quantitative estimate of drug-likeness (QED) is 0.654. The standard InChI is InChI=1S/C8H8ClNS/c9-7-5-11-8(10-7)6-3-1-2-4-6/h3,5H,1-2,4H2. The Morgan fingerprint density at radius 3 is 3.00 bits per heavy atom. The maximum absolute atomic E-state index is 5.71. The van der Waals surface area contributed by atoms with Gasteiger partial charge in [0.1, 0.15) is 10.2 Å². The van der Waals surface area contributed by atoms with Crippen LogP contribution in [0.15, 0.2) is 11.5 Å². The van der Waals surface area contributed by atoms with E-state index < -0.39 is 0 Å². The number of halogens is 1. The van der Waals surface area contributed by atoms with Crippen LogP contribution in [0.4, 0.5) is 0 Å². The lowest BCUT2D eigenvalue weighted by atomic mass is 10.2. The number of allylic oxidation sites excluding steroid dienone is 2. The Morgan fingerprint density at radius 2 is 2.45 bits per heavy atom. The molecule has 0 aliphatic heterocycles. The van der Waals surface area contributed by atoms with Gasteiger partial charge in [0.05, 0.1) is 0 Å². The average Bonchev–Trinajstić information content (AvgIpc) is 2.55. The van der Waals surface area contributed by atoms with Crippen LogP contribution in [-0.4, -0.2) is 4.98 Å². The molecule has 0 aromatic carbocycles. The number of thiazole rings is 1. The highest BCUT2D eigenvalue weighted by atomic mass is 35.5. The van der Waals surface area contributed by atoms with E-state index in [1.165, 1.54) is 24.8 Å². The maximum Gasteiger partial charge on any atom is 0.140 e. The molecule has 1 aromatic heterocycles. The molecule has 0 fully saturated rings. The number of nitrogens with zero attached hydrogens (tertiary/aromatic N) is 1. The first-order valence-corrected chi connectivity index (χ1v) is 4.92.